The number of hydrogen-bond donors (Lipinski definition) is 1. The molecule has 0 aromatic rings. The third-order valence-electron chi connectivity index (χ3n) is 3.48. The van der Waals surface area contributed by atoms with E-state index in [4.69, 9.17) is 4.74 Å². The third-order valence-corrected chi connectivity index (χ3v) is 3.48. The van der Waals surface area contributed by atoms with Gasteiger partial charge in [0.2, 0.25) is 0 Å². The van der Waals surface area contributed by atoms with E-state index < -0.39 is 11.6 Å². The molecular formula is C13H21NO4. The van der Waals surface area contributed by atoms with Crippen molar-refractivity contribution in [1.29, 1.82) is 0 Å². The number of ether oxygens (including phenoxy) is 1. The number of carboxylic acids is 1. The van der Waals surface area contributed by atoms with Crippen molar-refractivity contribution in [2.45, 2.75) is 39.2 Å². The second kappa shape index (κ2) is 4.44. The number of nitrogens with zero attached hydrogens (tertiary/aromatic N) is 1. The van der Waals surface area contributed by atoms with Gasteiger partial charge in [0.25, 0.3) is 0 Å². The van der Waals surface area contributed by atoms with Crippen LogP contribution in [0.3, 0.4) is 0 Å². The number of amides is 1. The van der Waals surface area contributed by atoms with Crippen LogP contribution in [0.4, 0.5) is 4.79 Å². The zero-order valence-electron chi connectivity index (χ0n) is 11.2. The third kappa shape index (κ3) is 2.94. The molecular weight excluding hydrogens is 234 g/mol. The van der Waals surface area contributed by atoms with Crippen molar-refractivity contribution in [2.24, 2.45) is 17.8 Å². The minimum Gasteiger partial charge on any atom is -0.481 e. The molecule has 5 nitrogen and oxygen atoms in total. The lowest BCUT2D eigenvalue weighted by Gasteiger charge is -2.42. The van der Waals surface area contributed by atoms with Gasteiger partial charge < -0.3 is 14.7 Å². The first-order valence-corrected chi connectivity index (χ1v) is 6.48. The first-order chi connectivity index (χ1) is 8.28. The van der Waals surface area contributed by atoms with E-state index in [1.165, 1.54) is 0 Å². The molecule has 1 amide bonds. The molecule has 1 saturated carbocycles. The van der Waals surface area contributed by atoms with Gasteiger partial charge in [-0.05, 0) is 39.5 Å². The maximum atomic E-state index is 11.7. The minimum absolute atomic E-state index is 0.0996. The van der Waals surface area contributed by atoms with Crippen LogP contribution in [0, 0.1) is 17.8 Å². The summed E-state index contributed by atoms with van der Waals surface area (Å²) in [6, 6.07) is 0. The van der Waals surface area contributed by atoms with Gasteiger partial charge in [-0.25, -0.2) is 4.79 Å². The molecule has 1 aliphatic heterocycles. The second-order valence-corrected chi connectivity index (χ2v) is 6.35. The van der Waals surface area contributed by atoms with Crippen molar-refractivity contribution in [3.05, 3.63) is 0 Å². The van der Waals surface area contributed by atoms with Crippen LogP contribution < -0.4 is 0 Å². The van der Waals surface area contributed by atoms with Crippen molar-refractivity contribution in [2.75, 3.05) is 13.1 Å². The summed E-state index contributed by atoms with van der Waals surface area (Å²) in [4.78, 5) is 24.5. The smallest absolute Gasteiger partial charge is 0.410 e. The predicted octanol–water partition coefficient (Wildman–Crippen LogP) is 1.96. The molecule has 1 N–H and O–H groups in total. The van der Waals surface area contributed by atoms with Gasteiger partial charge in [0, 0.05) is 19.0 Å². The summed E-state index contributed by atoms with van der Waals surface area (Å²) >= 11 is 0. The topological polar surface area (TPSA) is 66.8 Å². The second-order valence-electron chi connectivity index (χ2n) is 6.35. The van der Waals surface area contributed by atoms with Gasteiger partial charge in [0.05, 0.1) is 5.92 Å². The molecule has 0 radical (unpaired) electrons. The van der Waals surface area contributed by atoms with Crippen LogP contribution in [-0.4, -0.2) is 40.8 Å². The maximum absolute atomic E-state index is 11.7. The van der Waals surface area contributed by atoms with Crippen LogP contribution in [0.15, 0.2) is 0 Å². The van der Waals surface area contributed by atoms with Crippen LogP contribution in [0.2, 0.25) is 0 Å². The summed E-state index contributed by atoms with van der Waals surface area (Å²) in [6.07, 6.45) is 1.69. The Balaban J connectivity index is 1.82. The van der Waals surface area contributed by atoms with E-state index in [1.807, 2.05) is 20.8 Å². The maximum Gasteiger partial charge on any atom is 0.410 e. The zero-order chi connectivity index (χ0) is 13.5. The Morgan fingerprint density at radius 1 is 1.22 bits per heavy atom. The van der Waals surface area contributed by atoms with Crippen LogP contribution in [0.5, 0.6) is 0 Å². The predicted molar refractivity (Wildman–Crippen MR) is 65.1 cm³/mol. The van der Waals surface area contributed by atoms with Gasteiger partial charge in [-0.3, -0.25) is 4.79 Å². The summed E-state index contributed by atoms with van der Waals surface area (Å²) in [5, 5.41) is 9.20. The Labute approximate surface area is 107 Å². The number of carbonyl (C=O) groups is 2. The molecule has 0 spiro atoms. The molecule has 2 aliphatic rings. The highest BCUT2D eigenvalue weighted by molar-refractivity contribution is 5.73. The van der Waals surface area contributed by atoms with Gasteiger partial charge in [-0.15, -0.1) is 0 Å². The molecule has 1 heterocycles. The Hall–Kier alpha value is -1.26. The molecule has 0 aromatic heterocycles. The van der Waals surface area contributed by atoms with E-state index in [9.17, 15) is 14.7 Å². The Morgan fingerprint density at radius 3 is 2.17 bits per heavy atom. The monoisotopic (exact) mass is 255 g/mol. The summed E-state index contributed by atoms with van der Waals surface area (Å²) in [5.41, 5.74) is -0.495. The summed E-state index contributed by atoms with van der Waals surface area (Å²) in [6.45, 7) is 6.51. The number of carboxylic acid groups (broad SMARTS) is 1. The van der Waals surface area contributed by atoms with Gasteiger partial charge in [-0.1, -0.05) is 0 Å². The number of rotatable bonds is 3. The minimum atomic E-state index is -0.716. The summed E-state index contributed by atoms with van der Waals surface area (Å²) in [5.74, 6) is -0.564. The Morgan fingerprint density at radius 2 is 1.78 bits per heavy atom. The van der Waals surface area contributed by atoms with Crippen molar-refractivity contribution < 1.29 is 19.4 Å². The normalized spacial score (nSPS) is 22.3. The molecule has 2 rings (SSSR count). The highest BCUT2D eigenvalue weighted by Crippen LogP contribution is 2.43. The lowest BCUT2D eigenvalue weighted by Crippen LogP contribution is -2.55. The molecule has 0 aromatic carbocycles. The molecule has 18 heavy (non-hydrogen) atoms. The van der Waals surface area contributed by atoms with E-state index in [2.05, 4.69) is 0 Å². The lowest BCUT2D eigenvalue weighted by molar-refractivity contribution is -0.147. The largest absolute Gasteiger partial charge is 0.481 e. The fraction of sp³-hybridized carbons (Fsp3) is 0.846. The van der Waals surface area contributed by atoms with Gasteiger partial charge in [0.1, 0.15) is 5.60 Å². The molecule has 5 heteroatoms. The van der Waals surface area contributed by atoms with E-state index in [-0.39, 0.29) is 17.9 Å². The molecule has 1 unspecified atom stereocenters. The molecule has 0 bridgehead atoms. The van der Waals surface area contributed by atoms with Crippen LogP contribution in [0.1, 0.15) is 33.6 Å². The number of likely N-dealkylation sites (tertiary alicyclic amines) is 1. The van der Waals surface area contributed by atoms with Gasteiger partial charge in [0.15, 0.2) is 0 Å². The van der Waals surface area contributed by atoms with Gasteiger partial charge >= 0.3 is 12.1 Å². The van der Waals surface area contributed by atoms with Crippen LogP contribution >= 0.6 is 0 Å². The zero-order valence-corrected chi connectivity index (χ0v) is 11.2. The number of carbonyl (C=O) groups excluding carboxylic acids is 1. The highest BCUT2D eigenvalue weighted by atomic mass is 16.6. The Bertz CT molecular complexity index is 350. The lowest BCUT2D eigenvalue weighted by atomic mass is 9.82. The summed E-state index contributed by atoms with van der Waals surface area (Å²) < 4.78 is 5.25. The SMILES string of the molecule is CC(C)(C)OC(=O)N1CC(C(C(=O)O)C2CC2)C1. The van der Waals surface area contributed by atoms with Crippen molar-refractivity contribution >= 4 is 12.1 Å². The quantitative estimate of drug-likeness (QED) is 0.837. The number of hydrogen-bond acceptors (Lipinski definition) is 3. The standard InChI is InChI=1S/C13H21NO4/c1-13(2,3)18-12(17)14-6-9(7-14)10(11(15)16)8-4-5-8/h8-10H,4-7H2,1-3H3,(H,15,16). The molecule has 1 atom stereocenters. The van der Waals surface area contributed by atoms with E-state index in [1.54, 1.807) is 4.90 Å². The average molecular weight is 255 g/mol. The fourth-order valence-corrected chi connectivity index (χ4v) is 2.46. The first kappa shape index (κ1) is 13.2. The Kier molecular flexibility index (Phi) is 3.25. The van der Waals surface area contributed by atoms with E-state index in [0.29, 0.717) is 19.0 Å². The molecule has 2 fully saturated rings. The molecule has 102 valence electrons. The van der Waals surface area contributed by atoms with Crippen molar-refractivity contribution in [3.63, 3.8) is 0 Å². The van der Waals surface area contributed by atoms with Crippen LogP contribution in [-0.2, 0) is 9.53 Å². The number of aliphatic carboxylic acids is 1. The average Bonchev–Trinajstić information content (AvgIpc) is 2.88. The summed E-state index contributed by atoms with van der Waals surface area (Å²) in [7, 11) is 0. The fourth-order valence-electron chi connectivity index (χ4n) is 2.46. The van der Waals surface area contributed by atoms with E-state index >= 15 is 0 Å². The first-order valence-electron chi connectivity index (χ1n) is 6.48. The molecule has 1 aliphatic carbocycles. The van der Waals surface area contributed by atoms with Crippen LogP contribution in [0.25, 0.3) is 0 Å². The van der Waals surface area contributed by atoms with Crippen molar-refractivity contribution in [1.82, 2.24) is 4.90 Å². The molecule has 1 saturated heterocycles. The van der Waals surface area contributed by atoms with Crippen molar-refractivity contribution in [3.8, 4) is 0 Å². The van der Waals surface area contributed by atoms with E-state index in [0.717, 1.165) is 12.8 Å². The highest BCUT2D eigenvalue weighted by Gasteiger charge is 2.47. The van der Waals surface area contributed by atoms with Gasteiger partial charge in [-0.2, -0.15) is 0 Å².